The Morgan fingerprint density at radius 1 is 0.919 bits per heavy atom. The maximum Gasteiger partial charge on any atom is 0.338 e. The second-order valence-corrected chi connectivity index (χ2v) is 8.59. The zero-order chi connectivity index (χ0) is 26.3. The zero-order valence-corrected chi connectivity index (χ0v) is 19.9. The van der Waals surface area contributed by atoms with Gasteiger partial charge in [-0.25, -0.2) is 9.69 Å². The molecule has 2 N–H and O–H groups in total. The van der Waals surface area contributed by atoms with Gasteiger partial charge >= 0.3 is 5.97 Å². The number of ether oxygens (including phenoxy) is 1. The zero-order valence-electron chi connectivity index (χ0n) is 19.9. The van der Waals surface area contributed by atoms with E-state index in [4.69, 9.17) is 4.74 Å². The highest BCUT2D eigenvalue weighted by atomic mass is 16.5. The van der Waals surface area contributed by atoms with Gasteiger partial charge in [-0.15, -0.1) is 0 Å². The molecular weight excluding hydrogens is 474 g/mol. The molecule has 0 bridgehead atoms. The molecule has 184 valence electrons. The number of benzene rings is 3. The molecule has 9 nitrogen and oxygen atoms in total. The topological polar surface area (TPSA) is 126 Å². The minimum atomic E-state index is -1.07. The number of esters is 1. The van der Waals surface area contributed by atoms with Gasteiger partial charge < -0.3 is 15.0 Å². The van der Waals surface area contributed by atoms with Crippen molar-refractivity contribution in [2.24, 2.45) is 0 Å². The molecule has 1 aliphatic heterocycles. The summed E-state index contributed by atoms with van der Waals surface area (Å²) in [5, 5.41) is 3.34. The third-order valence-corrected chi connectivity index (χ3v) is 6.08. The first kappa shape index (κ1) is 23.7. The number of hydrogen-bond acceptors (Lipinski definition) is 6. The number of nitrogens with one attached hydrogen (secondary N) is 2. The summed E-state index contributed by atoms with van der Waals surface area (Å²) in [5.41, 5.74) is 2.29. The molecule has 0 saturated carbocycles. The molecule has 2 heterocycles. The number of ketones is 1. The smallest absolute Gasteiger partial charge is 0.338 e. The Balaban J connectivity index is 1.33. The molecule has 5 rings (SSSR count). The van der Waals surface area contributed by atoms with E-state index in [-0.39, 0.29) is 28.4 Å². The van der Waals surface area contributed by atoms with Gasteiger partial charge in [-0.2, -0.15) is 0 Å². The average Bonchev–Trinajstić information content (AvgIpc) is 3.42. The summed E-state index contributed by atoms with van der Waals surface area (Å²) >= 11 is 0. The van der Waals surface area contributed by atoms with Crippen LogP contribution >= 0.6 is 0 Å². The summed E-state index contributed by atoms with van der Waals surface area (Å²) in [6.45, 7) is 2.86. The highest BCUT2D eigenvalue weighted by Crippen LogP contribution is 2.30. The van der Waals surface area contributed by atoms with Gasteiger partial charge in [0.15, 0.2) is 6.10 Å². The van der Waals surface area contributed by atoms with Crippen molar-refractivity contribution in [1.29, 1.82) is 0 Å². The molecule has 0 unspecified atom stereocenters. The van der Waals surface area contributed by atoms with Crippen LogP contribution in [0.3, 0.4) is 0 Å². The average molecular weight is 495 g/mol. The lowest BCUT2D eigenvalue weighted by atomic mass is 10.0. The van der Waals surface area contributed by atoms with Gasteiger partial charge in [0, 0.05) is 35.3 Å². The molecule has 1 aliphatic rings. The van der Waals surface area contributed by atoms with Gasteiger partial charge in [-0.1, -0.05) is 18.2 Å². The number of rotatable bonds is 6. The summed E-state index contributed by atoms with van der Waals surface area (Å²) < 4.78 is 5.40. The predicted octanol–water partition coefficient (Wildman–Crippen LogP) is 4.36. The standard InChI is InChI=1S/C28H21N3O6/c1-15(25(33)23-14-29-24-6-4-3-5-20(23)24)37-28(36)17-7-12-21-22(13-17)27(35)31(26(21)34)19-10-8-18(9-11-19)30-16(2)32/h3-15,29H,1-2H3,(H,30,32)/t15-/m0/s1. The highest BCUT2D eigenvalue weighted by Gasteiger charge is 2.37. The number of aromatic nitrogens is 1. The quantitative estimate of drug-likeness (QED) is 0.233. The number of Topliss-reactive ketones (excluding diaryl/α,β-unsaturated/α-hetero) is 1. The van der Waals surface area contributed by atoms with Crippen molar-refractivity contribution < 1.29 is 28.7 Å². The van der Waals surface area contributed by atoms with Crippen LogP contribution in [0.15, 0.2) is 72.9 Å². The summed E-state index contributed by atoms with van der Waals surface area (Å²) in [6, 6.07) is 17.6. The number of carbonyl (C=O) groups is 5. The number of anilines is 2. The number of nitrogens with zero attached hydrogens (tertiary/aromatic N) is 1. The van der Waals surface area contributed by atoms with Crippen LogP contribution in [0.4, 0.5) is 11.4 Å². The first-order valence-corrected chi connectivity index (χ1v) is 11.5. The van der Waals surface area contributed by atoms with Crippen LogP contribution in [0, 0.1) is 0 Å². The molecule has 37 heavy (non-hydrogen) atoms. The Morgan fingerprint density at radius 3 is 2.35 bits per heavy atom. The summed E-state index contributed by atoms with van der Waals surface area (Å²) in [7, 11) is 0. The number of H-pyrrole nitrogens is 1. The molecule has 4 aromatic rings. The number of hydrogen-bond donors (Lipinski definition) is 2. The lowest BCUT2D eigenvalue weighted by Crippen LogP contribution is -2.29. The molecule has 3 aromatic carbocycles. The molecule has 0 aliphatic carbocycles. The first-order valence-electron chi connectivity index (χ1n) is 11.5. The van der Waals surface area contributed by atoms with Gasteiger partial charge in [-0.3, -0.25) is 19.2 Å². The minimum absolute atomic E-state index is 0.0429. The van der Waals surface area contributed by atoms with Crippen molar-refractivity contribution in [3.05, 3.63) is 95.2 Å². The Hall–Kier alpha value is -5.05. The van der Waals surface area contributed by atoms with E-state index in [1.807, 2.05) is 18.2 Å². The maximum absolute atomic E-state index is 13.1. The minimum Gasteiger partial charge on any atom is -0.451 e. The van der Waals surface area contributed by atoms with Crippen LogP contribution in [0.1, 0.15) is 55.3 Å². The van der Waals surface area contributed by atoms with E-state index in [2.05, 4.69) is 10.3 Å². The van der Waals surface area contributed by atoms with Gasteiger partial charge in [0.05, 0.1) is 22.4 Å². The Morgan fingerprint density at radius 2 is 1.62 bits per heavy atom. The van der Waals surface area contributed by atoms with Crippen molar-refractivity contribution in [2.75, 3.05) is 10.2 Å². The third kappa shape index (κ3) is 4.27. The highest BCUT2D eigenvalue weighted by molar-refractivity contribution is 6.34. The number of carbonyl (C=O) groups excluding carboxylic acids is 5. The molecule has 1 atom stereocenters. The SMILES string of the molecule is CC(=O)Nc1ccc(N2C(=O)c3ccc(C(=O)O[C@@H](C)C(=O)c4c[nH]c5ccccc45)cc3C2=O)cc1. The lowest BCUT2D eigenvalue weighted by molar-refractivity contribution is -0.114. The van der Waals surface area contributed by atoms with Crippen LogP contribution in [-0.2, 0) is 9.53 Å². The van der Waals surface area contributed by atoms with E-state index in [1.165, 1.54) is 32.0 Å². The Labute approximate surface area is 211 Å². The fraction of sp³-hybridized carbons (Fsp3) is 0.107. The number of para-hydroxylation sites is 1. The van der Waals surface area contributed by atoms with Crippen LogP contribution in [-0.4, -0.2) is 40.6 Å². The van der Waals surface area contributed by atoms with Gasteiger partial charge in [0.25, 0.3) is 11.8 Å². The molecule has 3 amide bonds. The van der Waals surface area contributed by atoms with Crippen LogP contribution in [0.2, 0.25) is 0 Å². The van der Waals surface area contributed by atoms with E-state index in [0.29, 0.717) is 16.9 Å². The lowest BCUT2D eigenvalue weighted by Gasteiger charge is -2.14. The van der Waals surface area contributed by atoms with Crippen molar-refractivity contribution >= 4 is 51.8 Å². The fourth-order valence-electron chi connectivity index (χ4n) is 4.28. The number of aromatic amines is 1. The fourth-order valence-corrected chi connectivity index (χ4v) is 4.28. The van der Waals surface area contributed by atoms with E-state index in [1.54, 1.807) is 36.5 Å². The molecule has 9 heteroatoms. The normalized spacial score (nSPS) is 13.4. The van der Waals surface area contributed by atoms with E-state index < -0.39 is 23.9 Å². The van der Waals surface area contributed by atoms with E-state index >= 15 is 0 Å². The largest absolute Gasteiger partial charge is 0.451 e. The van der Waals surface area contributed by atoms with E-state index in [9.17, 15) is 24.0 Å². The van der Waals surface area contributed by atoms with Crippen molar-refractivity contribution in [3.63, 3.8) is 0 Å². The van der Waals surface area contributed by atoms with Gasteiger partial charge in [0.2, 0.25) is 11.7 Å². The van der Waals surface area contributed by atoms with E-state index in [0.717, 1.165) is 15.8 Å². The monoisotopic (exact) mass is 495 g/mol. The Kier molecular flexibility index (Phi) is 5.88. The molecule has 0 radical (unpaired) electrons. The maximum atomic E-state index is 13.1. The number of fused-ring (bicyclic) bond motifs is 2. The van der Waals surface area contributed by atoms with Gasteiger partial charge in [0.1, 0.15) is 0 Å². The Bertz CT molecular complexity index is 1600. The second-order valence-electron chi connectivity index (χ2n) is 8.59. The van der Waals surface area contributed by atoms with Crippen molar-refractivity contribution in [1.82, 2.24) is 4.98 Å². The summed E-state index contributed by atoms with van der Waals surface area (Å²) in [4.78, 5) is 67.0. The summed E-state index contributed by atoms with van der Waals surface area (Å²) in [6.07, 6.45) is 0.504. The number of amides is 3. The predicted molar refractivity (Wildman–Crippen MR) is 136 cm³/mol. The van der Waals surface area contributed by atoms with Gasteiger partial charge in [-0.05, 0) is 55.5 Å². The van der Waals surface area contributed by atoms with Crippen molar-refractivity contribution in [3.8, 4) is 0 Å². The molecule has 0 fully saturated rings. The third-order valence-electron chi connectivity index (χ3n) is 6.08. The number of imide groups is 1. The molecular formula is C28H21N3O6. The van der Waals surface area contributed by atoms with Crippen LogP contribution < -0.4 is 10.2 Å². The molecule has 0 spiro atoms. The van der Waals surface area contributed by atoms with Crippen molar-refractivity contribution in [2.45, 2.75) is 20.0 Å². The molecule has 0 saturated heterocycles. The first-order chi connectivity index (χ1) is 17.7. The van der Waals surface area contributed by atoms with Crippen LogP contribution in [0.5, 0.6) is 0 Å². The summed E-state index contributed by atoms with van der Waals surface area (Å²) in [5.74, 6) is -2.53. The van der Waals surface area contributed by atoms with Crippen LogP contribution in [0.25, 0.3) is 10.9 Å². The second kappa shape index (κ2) is 9.19. The molecule has 1 aromatic heterocycles.